The van der Waals surface area contributed by atoms with Crippen molar-refractivity contribution in [3.8, 4) is 5.75 Å². The van der Waals surface area contributed by atoms with Crippen LogP contribution in [0.4, 0.5) is 4.39 Å². The normalized spacial score (nSPS) is 12.7. The van der Waals surface area contributed by atoms with Crippen molar-refractivity contribution in [1.29, 1.82) is 0 Å². The van der Waals surface area contributed by atoms with Crippen molar-refractivity contribution in [3.05, 3.63) is 30.3 Å². The van der Waals surface area contributed by atoms with Crippen LogP contribution >= 0.6 is 0 Å². The van der Waals surface area contributed by atoms with Gasteiger partial charge in [-0.05, 0) is 13.3 Å². The van der Waals surface area contributed by atoms with Crippen molar-refractivity contribution >= 4 is 11.0 Å². The molecule has 0 saturated heterocycles. The fourth-order valence-corrected chi connectivity index (χ4v) is 1.36. The van der Waals surface area contributed by atoms with Crippen LogP contribution in [0.25, 0.3) is 11.0 Å². The number of hydrogen-bond donors (Lipinski definition) is 0. The Labute approximate surface area is 93.3 Å². The number of ether oxygens (including phenoxy) is 1. The molecule has 0 radical (unpaired) electrons. The van der Waals surface area contributed by atoms with Gasteiger partial charge >= 0.3 is 0 Å². The van der Waals surface area contributed by atoms with E-state index in [-0.39, 0.29) is 11.9 Å². The van der Waals surface area contributed by atoms with Gasteiger partial charge in [0.2, 0.25) is 0 Å². The molecular formula is C12H13FN2O. The minimum Gasteiger partial charge on any atom is -0.488 e. The summed E-state index contributed by atoms with van der Waals surface area (Å²) in [5, 5.41) is 0. The average molecular weight is 220 g/mol. The van der Waals surface area contributed by atoms with E-state index in [4.69, 9.17) is 4.74 Å². The molecule has 0 fully saturated rings. The van der Waals surface area contributed by atoms with Crippen LogP contribution in [0.5, 0.6) is 5.75 Å². The Morgan fingerprint density at radius 1 is 1.25 bits per heavy atom. The molecule has 16 heavy (non-hydrogen) atoms. The third kappa shape index (κ3) is 2.10. The first-order valence-electron chi connectivity index (χ1n) is 5.27. The Hall–Kier alpha value is -1.71. The van der Waals surface area contributed by atoms with Gasteiger partial charge < -0.3 is 4.74 Å². The van der Waals surface area contributed by atoms with E-state index in [1.165, 1.54) is 12.3 Å². The summed E-state index contributed by atoms with van der Waals surface area (Å²) in [6, 6.07) is 2.93. The van der Waals surface area contributed by atoms with Gasteiger partial charge in [0.25, 0.3) is 0 Å². The number of fused-ring (bicyclic) bond motifs is 1. The highest BCUT2D eigenvalue weighted by atomic mass is 19.1. The second-order valence-corrected chi connectivity index (χ2v) is 3.66. The van der Waals surface area contributed by atoms with Crippen molar-refractivity contribution in [3.63, 3.8) is 0 Å². The zero-order valence-electron chi connectivity index (χ0n) is 9.27. The van der Waals surface area contributed by atoms with Crippen LogP contribution in [0.15, 0.2) is 24.5 Å². The number of benzene rings is 1. The number of nitrogens with zero attached hydrogens (tertiary/aromatic N) is 2. The van der Waals surface area contributed by atoms with Gasteiger partial charge in [0.15, 0.2) is 11.6 Å². The number of hydrogen-bond acceptors (Lipinski definition) is 3. The molecule has 2 aromatic rings. The molecule has 2 rings (SSSR count). The van der Waals surface area contributed by atoms with E-state index in [1.54, 1.807) is 12.3 Å². The molecule has 4 heteroatoms. The highest BCUT2D eigenvalue weighted by Crippen LogP contribution is 2.23. The van der Waals surface area contributed by atoms with Crippen LogP contribution in [0, 0.1) is 5.82 Å². The summed E-state index contributed by atoms with van der Waals surface area (Å²) in [4.78, 5) is 8.13. The Morgan fingerprint density at radius 3 is 2.50 bits per heavy atom. The molecule has 0 aliphatic heterocycles. The zero-order valence-corrected chi connectivity index (χ0v) is 9.27. The maximum absolute atomic E-state index is 13.6. The lowest BCUT2D eigenvalue weighted by atomic mass is 10.2. The Kier molecular flexibility index (Phi) is 2.99. The monoisotopic (exact) mass is 220 g/mol. The van der Waals surface area contributed by atoms with E-state index in [2.05, 4.69) is 9.97 Å². The van der Waals surface area contributed by atoms with Gasteiger partial charge in [-0.2, -0.15) is 0 Å². The van der Waals surface area contributed by atoms with Crippen molar-refractivity contribution in [2.24, 2.45) is 0 Å². The van der Waals surface area contributed by atoms with Gasteiger partial charge in [-0.3, -0.25) is 9.97 Å². The first-order valence-corrected chi connectivity index (χ1v) is 5.27. The molecular weight excluding hydrogens is 207 g/mol. The highest BCUT2D eigenvalue weighted by molar-refractivity contribution is 5.75. The predicted molar refractivity (Wildman–Crippen MR) is 59.9 cm³/mol. The molecule has 0 saturated carbocycles. The summed E-state index contributed by atoms with van der Waals surface area (Å²) in [6.07, 6.45) is 3.94. The summed E-state index contributed by atoms with van der Waals surface area (Å²) in [6.45, 7) is 3.89. The summed E-state index contributed by atoms with van der Waals surface area (Å²) in [5.41, 5.74) is 1.18. The summed E-state index contributed by atoms with van der Waals surface area (Å²) >= 11 is 0. The lowest BCUT2D eigenvalue weighted by molar-refractivity contribution is 0.208. The second-order valence-electron chi connectivity index (χ2n) is 3.66. The third-order valence-corrected chi connectivity index (χ3v) is 2.43. The van der Waals surface area contributed by atoms with E-state index in [9.17, 15) is 4.39 Å². The minimum absolute atomic E-state index is 0.0105. The SMILES string of the molecule is CCC(C)Oc1cc2nccnc2cc1F. The summed E-state index contributed by atoms with van der Waals surface area (Å²) in [5.74, 6) is -0.157. The second kappa shape index (κ2) is 4.43. The van der Waals surface area contributed by atoms with Crippen molar-refractivity contribution in [2.75, 3.05) is 0 Å². The molecule has 1 atom stereocenters. The van der Waals surface area contributed by atoms with Crippen molar-refractivity contribution < 1.29 is 9.13 Å². The van der Waals surface area contributed by atoms with Crippen molar-refractivity contribution in [1.82, 2.24) is 9.97 Å². The van der Waals surface area contributed by atoms with E-state index in [1.807, 2.05) is 13.8 Å². The minimum atomic E-state index is -0.395. The quantitative estimate of drug-likeness (QED) is 0.797. The molecule has 0 spiro atoms. The molecule has 0 aliphatic carbocycles. The van der Waals surface area contributed by atoms with Gasteiger partial charge in [-0.25, -0.2) is 4.39 Å². The van der Waals surface area contributed by atoms with Gasteiger partial charge in [0.05, 0.1) is 17.1 Å². The number of rotatable bonds is 3. The van der Waals surface area contributed by atoms with E-state index in [0.29, 0.717) is 11.0 Å². The average Bonchev–Trinajstić information content (AvgIpc) is 2.30. The van der Waals surface area contributed by atoms with Crippen LogP contribution in [-0.4, -0.2) is 16.1 Å². The molecule has 1 aromatic heterocycles. The largest absolute Gasteiger partial charge is 0.488 e. The zero-order chi connectivity index (χ0) is 11.5. The van der Waals surface area contributed by atoms with Crippen LogP contribution in [0.3, 0.4) is 0 Å². The van der Waals surface area contributed by atoms with Crippen LogP contribution in [0.2, 0.25) is 0 Å². The van der Waals surface area contributed by atoms with Gasteiger partial charge in [0.1, 0.15) is 0 Å². The molecule has 0 amide bonds. The summed E-state index contributed by atoms with van der Waals surface area (Å²) in [7, 11) is 0. The Morgan fingerprint density at radius 2 is 1.88 bits per heavy atom. The lowest BCUT2D eigenvalue weighted by Crippen LogP contribution is -2.10. The molecule has 0 bridgehead atoms. The molecule has 1 aromatic carbocycles. The lowest BCUT2D eigenvalue weighted by Gasteiger charge is -2.13. The molecule has 0 N–H and O–H groups in total. The van der Waals surface area contributed by atoms with E-state index < -0.39 is 5.82 Å². The van der Waals surface area contributed by atoms with Crippen LogP contribution < -0.4 is 4.74 Å². The van der Waals surface area contributed by atoms with E-state index >= 15 is 0 Å². The Bertz CT molecular complexity index is 501. The third-order valence-electron chi connectivity index (χ3n) is 2.43. The summed E-state index contributed by atoms with van der Waals surface area (Å²) < 4.78 is 19.1. The van der Waals surface area contributed by atoms with Gasteiger partial charge in [-0.15, -0.1) is 0 Å². The molecule has 84 valence electrons. The van der Waals surface area contributed by atoms with Gasteiger partial charge in [-0.1, -0.05) is 6.92 Å². The first-order chi connectivity index (χ1) is 7.70. The highest BCUT2D eigenvalue weighted by Gasteiger charge is 2.09. The molecule has 1 heterocycles. The number of halogens is 1. The smallest absolute Gasteiger partial charge is 0.167 e. The molecule has 3 nitrogen and oxygen atoms in total. The maximum Gasteiger partial charge on any atom is 0.167 e. The molecule has 0 aliphatic rings. The topological polar surface area (TPSA) is 35.0 Å². The Balaban J connectivity index is 2.42. The fraction of sp³-hybridized carbons (Fsp3) is 0.333. The maximum atomic E-state index is 13.6. The fourth-order valence-electron chi connectivity index (χ4n) is 1.36. The standard InChI is InChI=1S/C12H13FN2O/c1-3-8(2)16-12-7-11-10(6-9(12)13)14-4-5-15-11/h4-8H,3H2,1-2H3. The van der Waals surface area contributed by atoms with Crippen LogP contribution in [-0.2, 0) is 0 Å². The predicted octanol–water partition coefficient (Wildman–Crippen LogP) is 2.95. The number of aromatic nitrogens is 2. The first kappa shape index (κ1) is 10.8. The van der Waals surface area contributed by atoms with Crippen LogP contribution in [0.1, 0.15) is 20.3 Å². The van der Waals surface area contributed by atoms with Crippen molar-refractivity contribution in [2.45, 2.75) is 26.4 Å². The van der Waals surface area contributed by atoms with Gasteiger partial charge in [0, 0.05) is 24.5 Å². The molecule has 1 unspecified atom stereocenters. The van der Waals surface area contributed by atoms with E-state index in [0.717, 1.165) is 6.42 Å².